The maximum atomic E-state index is 11.9. The highest BCUT2D eigenvalue weighted by Gasteiger charge is 2.37. The lowest BCUT2D eigenvalue weighted by molar-refractivity contribution is -0.123. The van der Waals surface area contributed by atoms with Crippen molar-refractivity contribution in [3.05, 3.63) is 42.7 Å². The van der Waals surface area contributed by atoms with Crippen molar-refractivity contribution in [2.75, 3.05) is 0 Å². The molecule has 5 heteroatoms. The van der Waals surface area contributed by atoms with Crippen LogP contribution < -0.4 is 5.32 Å². The molecule has 2 saturated carbocycles. The van der Waals surface area contributed by atoms with Gasteiger partial charge in [-0.05, 0) is 31.6 Å². The third-order valence-corrected chi connectivity index (χ3v) is 5.10. The molecule has 2 aliphatic carbocycles. The second kappa shape index (κ2) is 6.40. The smallest absolute Gasteiger partial charge is 0.223 e. The third kappa shape index (κ3) is 3.22. The molecule has 24 heavy (non-hydrogen) atoms. The summed E-state index contributed by atoms with van der Waals surface area (Å²) in [6.45, 7) is 0.817. The summed E-state index contributed by atoms with van der Waals surface area (Å²) in [7, 11) is 0. The summed E-state index contributed by atoms with van der Waals surface area (Å²) in [5.74, 6) is 1.61. The number of nitrogens with one attached hydrogen (secondary N) is 1. The molecule has 0 aliphatic heterocycles. The summed E-state index contributed by atoms with van der Waals surface area (Å²) >= 11 is 0. The molecule has 1 aromatic carbocycles. The molecule has 0 saturated heterocycles. The van der Waals surface area contributed by atoms with Gasteiger partial charge in [-0.3, -0.25) is 4.79 Å². The Balaban J connectivity index is 1.41. The largest absolute Gasteiger partial charge is 0.391 e. The second-order valence-corrected chi connectivity index (χ2v) is 7.06. The van der Waals surface area contributed by atoms with E-state index in [1.165, 1.54) is 0 Å². The van der Waals surface area contributed by atoms with Crippen LogP contribution in [0.3, 0.4) is 0 Å². The Morgan fingerprint density at radius 2 is 2.04 bits per heavy atom. The monoisotopic (exact) mass is 325 g/mol. The van der Waals surface area contributed by atoms with Crippen LogP contribution in [0.2, 0.25) is 0 Å². The van der Waals surface area contributed by atoms with E-state index in [1.807, 2.05) is 30.6 Å². The molecular weight excluding hydrogens is 302 g/mol. The number of amides is 1. The minimum Gasteiger partial charge on any atom is -0.391 e. The van der Waals surface area contributed by atoms with Crippen molar-refractivity contribution in [3.63, 3.8) is 0 Å². The molecule has 0 bridgehead atoms. The fourth-order valence-electron chi connectivity index (χ4n) is 3.65. The van der Waals surface area contributed by atoms with Gasteiger partial charge in [-0.1, -0.05) is 30.3 Å². The van der Waals surface area contributed by atoms with Gasteiger partial charge in [0.15, 0.2) is 0 Å². The Morgan fingerprint density at radius 3 is 2.79 bits per heavy atom. The van der Waals surface area contributed by atoms with E-state index in [1.54, 1.807) is 0 Å². The highest BCUT2D eigenvalue weighted by atomic mass is 16.3. The number of imidazole rings is 1. The van der Waals surface area contributed by atoms with Crippen LogP contribution in [-0.2, 0) is 11.3 Å². The average Bonchev–Trinajstić information content (AvgIpc) is 3.26. The van der Waals surface area contributed by atoms with Gasteiger partial charge in [0, 0.05) is 30.4 Å². The Labute approximate surface area is 141 Å². The number of carbonyl (C=O) groups excluding carboxylic acids is 1. The SMILES string of the molecule is O=C(N[C@@H]1CC(Cn2ccnc2-c2ccccc2)C[C@H]1O)C1CC1. The van der Waals surface area contributed by atoms with Crippen LogP contribution in [0.1, 0.15) is 25.7 Å². The van der Waals surface area contributed by atoms with Gasteiger partial charge in [-0.2, -0.15) is 0 Å². The quantitative estimate of drug-likeness (QED) is 0.886. The lowest BCUT2D eigenvalue weighted by atomic mass is 10.1. The molecule has 0 spiro atoms. The van der Waals surface area contributed by atoms with Crippen molar-refractivity contribution in [1.82, 2.24) is 14.9 Å². The zero-order chi connectivity index (χ0) is 16.5. The number of aliphatic hydroxyl groups excluding tert-OH is 1. The molecule has 1 heterocycles. The number of hydrogen-bond acceptors (Lipinski definition) is 3. The lowest BCUT2D eigenvalue weighted by Gasteiger charge is -2.16. The highest BCUT2D eigenvalue weighted by molar-refractivity contribution is 5.81. The van der Waals surface area contributed by atoms with Crippen LogP contribution in [0.5, 0.6) is 0 Å². The molecule has 0 radical (unpaired) electrons. The Bertz CT molecular complexity index is 708. The topological polar surface area (TPSA) is 67.2 Å². The number of carbonyl (C=O) groups is 1. The summed E-state index contributed by atoms with van der Waals surface area (Å²) in [4.78, 5) is 16.4. The average molecular weight is 325 g/mol. The molecule has 2 aliphatic rings. The number of rotatable bonds is 5. The first-order valence-corrected chi connectivity index (χ1v) is 8.75. The van der Waals surface area contributed by atoms with Crippen LogP contribution in [-0.4, -0.2) is 32.7 Å². The van der Waals surface area contributed by atoms with Crippen LogP contribution >= 0.6 is 0 Å². The first-order valence-electron chi connectivity index (χ1n) is 8.75. The maximum Gasteiger partial charge on any atom is 0.223 e. The van der Waals surface area contributed by atoms with Gasteiger partial charge in [0.1, 0.15) is 5.82 Å². The van der Waals surface area contributed by atoms with E-state index < -0.39 is 6.10 Å². The van der Waals surface area contributed by atoms with E-state index >= 15 is 0 Å². The van der Waals surface area contributed by atoms with E-state index in [0.717, 1.165) is 43.6 Å². The molecule has 126 valence electrons. The number of aliphatic hydroxyl groups is 1. The van der Waals surface area contributed by atoms with E-state index in [4.69, 9.17) is 0 Å². The van der Waals surface area contributed by atoms with Crippen molar-refractivity contribution in [1.29, 1.82) is 0 Å². The lowest BCUT2D eigenvalue weighted by Crippen LogP contribution is -2.40. The fourth-order valence-corrected chi connectivity index (χ4v) is 3.65. The van der Waals surface area contributed by atoms with E-state index in [-0.39, 0.29) is 17.9 Å². The van der Waals surface area contributed by atoms with Crippen molar-refractivity contribution in [2.45, 2.75) is 44.4 Å². The normalized spacial score (nSPS) is 26.5. The van der Waals surface area contributed by atoms with Crippen LogP contribution in [0.15, 0.2) is 42.7 Å². The summed E-state index contributed by atoms with van der Waals surface area (Å²) in [5.41, 5.74) is 1.10. The first kappa shape index (κ1) is 15.4. The van der Waals surface area contributed by atoms with Gasteiger partial charge in [0.05, 0.1) is 12.1 Å². The molecule has 5 nitrogen and oxygen atoms in total. The van der Waals surface area contributed by atoms with Gasteiger partial charge in [0.2, 0.25) is 5.91 Å². The van der Waals surface area contributed by atoms with Crippen molar-refractivity contribution >= 4 is 5.91 Å². The molecule has 1 amide bonds. The molecule has 1 unspecified atom stereocenters. The minimum absolute atomic E-state index is 0.105. The van der Waals surface area contributed by atoms with E-state index in [0.29, 0.717) is 5.92 Å². The van der Waals surface area contributed by atoms with Crippen molar-refractivity contribution < 1.29 is 9.90 Å². The number of nitrogens with zero attached hydrogens (tertiary/aromatic N) is 2. The highest BCUT2D eigenvalue weighted by Crippen LogP contribution is 2.32. The van der Waals surface area contributed by atoms with E-state index in [9.17, 15) is 9.90 Å². The molecule has 3 atom stereocenters. The summed E-state index contributed by atoms with van der Waals surface area (Å²) in [5, 5.41) is 13.3. The van der Waals surface area contributed by atoms with Crippen molar-refractivity contribution in [2.24, 2.45) is 11.8 Å². The molecule has 2 N–H and O–H groups in total. The van der Waals surface area contributed by atoms with E-state index in [2.05, 4.69) is 27.0 Å². The third-order valence-electron chi connectivity index (χ3n) is 5.10. The summed E-state index contributed by atoms with van der Waals surface area (Å²) in [6, 6.07) is 10.0. The second-order valence-electron chi connectivity index (χ2n) is 7.06. The van der Waals surface area contributed by atoms with Gasteiger partial charge < -0.3 is 15.0 Å². The molecular formula is C19H23N3O2. The predicted molar refractivity (Wildman–Crippen MR) is 91.0 cm³/mol. The summed E-state index contributed by atoms with van der Waals surface area (Å²) < 4.78 is 2.15. The Morgan fingerprint density at radius 1 is 1.25 bits per heavy atom. The standard InChI is InChI=1S/C19H23N3O2/c23-17-11-13(10-16(17)21-19(24)15-6-7-15)12-22-9-8-20-18(22)14-4-2-1-3-5-14/h1-5,8-9,13,15-17,23H,6-7,10-12H2,(H,21,24)/t13?,16-,17-/m1/s1. The number of benzene rings is 1. The zero-order valence-electron chi connectivity index (χ0n) is 13.6. The zero-order valence-corrected chi connectivity index (χ0v) is 13.6. The van der Waals surface area contributed by atoms with Gasteiger partial charge in [-0.25, -0.2) is 4.98 Å². The van der Waals surface area contributed by atoms with Gasteiger partial charge in [-0.15, -0.1) is 0 Å². The van der Waals surface area contributed by atoms with Gasteiger partial charge in [0.25, 0.3) is 0 Å². The number of hydrogen-bond donors (Lipinski definition) is 2. The predicted octanol–water partition coefficient (Wildman–Crippen LogP) is 2.22. The summed E-state index contributed by atoms with van der Waals surface area (Å²) in [6.07, 6.45) is 6.90. The Hall–Kier alpha value is -2.14. The minimum atomic E-state index is -0.443. The molecule has 4 rings (SSSR count). The van der Waals surface area contributed by atoms with Crippen LogP contribution in [0.4, 0.5) is 0 Å². The number of aromatic nitrogens is 2. The van der Waals surface area contributed by atoms with Gasteiger partial charge >= 0.3 is 0 Å². The van der Waals surface area contributed by atoms with Crippen LogP contribution in [0.25, 0.3) is 11.4 Å². The van der Waals surface area contributed by atoms with Crippen molar-refractivity contribution in [3.8, 4) is 11.4 Å². The molecule has 1 aromatic heterocycles. The molecule has 2 fully saturated rings. The first-order chi connectivity index (χ1) is 11.7. The van der Waals surface area contributed by atoms with Crippen LogP contribution in [0, 0.1) is 11.8 Å². The maximum absolute atomic E-state index is 11.9. The fraction of sp³-hybridized carbons (Fsp3) is 0.474. The molecule has 2 aromatic rings. The Kier molecular flexibility index (Phi) is 4.10.